The Labute approximate surface area is 84.8 Å². The number of rotatable bonds is 2. The predicted octanol–water partition coefficient (Wildman–Crippen LogP) is 0.395. The molecule has 0 aromatic rings. The number of aliphatic hydroxyl groups excluding tert-OH is 1. The molecule has 0 aromatic carbocycles. The van der Waals surface area contributed by atoms with Gasteiger partial charge in [-0.1, -0.05) is 6.92 Å². The van der Waals surface area contributed by atoms with Crippen LogP contribution in [0, 0.1) is 0 Å². The van der Waals surface area contributed by atoms with Crippen molar-refractivity contribution in [2.75, 3.05) is 19.7 Å². The molecule has 1 aliphatic rings. The van der Waals surface area contributed by atoms with Gasteiger partial charge in [0, 0.05) is 19.5 Å². The number of nitrogens with zero attached hydrogens (tertiary/aromatic N) is 1. The minimum atomic E-state index is -0.351. The van der Waals surface area contributed by atoms with Crippen LogP contribution < -0.4 is 0 Å². The van der Waals surface area contributed by atoms with Crippen molar-refractivity contribution in [2.45, 2.75) is 38.9 Å². The van der Waals surface area contributed by atoms with Gasteiger partial charge in [-0.25, -0.2) is 0 Å². The average molecular weight is 201 g/mol. The van der Waals surface area contributed by atoms with Crippen LogP contribution in [0.4, 0.5) is 0 Å². The van der Waals surface area contributed by atoms with Crippen LogP contribution in [0.5, 0.6) is 0 Å². The lowest BCUT2D eigenvalue weighted by Crippen LogP contribution is -2.55. The summed E-state index contributed by atoms with van der Waals surface area (Å²) in [5, 5.41) is 9.03. The van der Waals surface area contributed by atoms with Crippen molar-refractivity contribution in [3.8, 4) is 0 Å². The van der Waals surface area contributed by atoms with Gasteiger partial charge in [0.15, 0.2) is 0 Å². The molecule has 0 aromatic heterocycles. The molecule has 14 heavy (non-hydrogen) atoms. The second-order valence-electron chi connectivity index (χ2n) is 4.31. The van der Waals surface area contributed by atoms with E-state index in [4.69, 9.17) is 9.84 Å². The van der Waals surface area contributed by atoms with Gasteiger partial charge in [-0.05, 0) is 13.8 Å². The Bertz CT molecular complexity index is 215. The van der Waals surface area contributed by atoms with Crippen LogP contribution in [0.3, 0.4) is 0 Å². The molecule has 1 fully saturated rings. The highest BCUT2D eigenvalue weighted by Gasteiger charge is 2.34. The van der Waals surface area contributed by atoms with E-state index in [2.05, 4.69) is 0 Å². The molecule has 0 radical (unpaired) electrons. The summed E-state index contributed by atoms with van der Waals surface area (Å²) in [4.78, 5) is 13.3. The highest BCUT2D eigenvalue weighted by molar-refractivity contribution is 5.76. The highest BCUT2D eigenvalue weighted by atomic mass is 16.5. The Balaban J connectivity index is 2.65. The van der Waals surface area contributed by atoms with E-state index in [0.717, 1.165) is 0 Å². The Kier molecular flexibility index (Phi) is 3.50. The minimum Gasteiger partial charge on any atom is -0.394 e. The Hall–Kier alpha value is -0.610. The molecule has 0 saturated carbocycles. The molecule has 4 heteroatoms. The number of carbonyl (C=O) groups excluding carboxylic acids is 1. The lowest BCUT2D eigenvalue weighted by Gasteiger charge is -2.42. The van der Waals surface area contributed by atoms with E-state index < -0.39 is 0 Å². The monoisotopic (exact) mass is 201 g/mol. The molecule has 1 saturated heterocycles. The van der Waals surface area contributed by atoms with Crippen LogP contribution in [0.1, 0.15) is 27.2 Å². The van der Waals surface area contributed by atoms with Crippen LogP contribution in [-0.4, -0.2) is 47.3 Å². The van der Waals surface area contributed by atoms with Crippen LogP contribution in [0.25, 0.3) is 0 Å². The Morgan fingerprint density at radius 2 is 2.29 bits per heavy atom. The number of hydrogen-bond acceptors (Lipinski definition) is 3. The van der Waals surface area contributed by atoms with Gasteiger partial charge in [0.2, 0.25) is 5.91 Å². The third-order valence-corrected chi connectivity index (χ3v) is 2.34. The summed E-state index contributed by atoms with van der Waals surface area (Å²) in [5.41, 5.74) is -0.351. The van der Waals surface area contributed by atoms with Crippen molar-refractivity contribution in [3.05, 3.63) is 0 Å². The number of carbonyl (C=O) groups is 1. The van der Waals surface area contributed by atoms with Crippen molar-refractivity contribution in [1.29, 1.82) is 0 Å². The number of hydrogen-bond donors (Lipinski definition) is 1. The maximum Gasteiger partial charge on any atom is 0.222 e. The number of ether oxygens (including phenoxy) is 1. The molecule has 0 aliphatic carbocycles. The first-order chi connectivity index (χ1) is 6.48. The Morgan fingerprint density at radius 1 is 1.64 bits per heavy atom. The van der Waals surface area contributed by atoms with Gasteiger partial charge >= 0.3 is 0 Å². The van der Waals surface area contributed by atoms with E-state index in [-0.39, 0.29) is 24.2 Å². The maximum atomic E-state index is 11.5. The van der Waals surface area contributed by atoms with Gasteiger partial charge in [-0.3, -0.25) is 4.79 Å². The highest BCUT2D eigenvalue weighted by Crippen LogP contribution is 2.21. The fraction of sp³-hybridized carbons (Fsp3) is 0.900. The van der Waals surface area contributed by atoms with Crippen molar-refractivity contribution < 1.29 is 14.6 Å². The topological polar surface area (TPSA) is 49.8 Å². The minimum absolute atomic E-state index is 0.0308. The molecule has 1 unspecified atom stereocenters. The van der Waals surface area contributed by atoms with E-state index >= 15 is 0 Å². The van der Waals surface area contributed by atoms with Crippen LogP contribution in [0.2, 0.25) is 0 Å². The van der Waals surface area contributed by atoms with Gasteiger partial charge in [-0.2, -0.15) is 0 Å². The third kappa shape index (κ3) is 2.69. The van der Waals surface area contributed by atoms with Gasteiger partial charge in [-0.15, -0.1) is 0 Å². The lowest BCUT2D eigenvalue weighted by atomic mass is 10.1. The van der Waals surface area contributed by atoms with Gasteiger partial charge < -0.3 is 14.7 Å². The molecule has 82 valence electrons. The van der Waals surface area contributed by atoms with E-state index in [1.807, 2.05) is 20.8 Å². The first kappa shape index (κ1) is 11.5. The first-order valence-corrected chi connectivity index (χ1v) is 5.05. The zero-order valence-corrected chi connectivity index (χ0v) is 9.12. The Morgan fingerprint density at radius 3 is 2.79 bits per heavy atom. The first-order valence-electron chi connectivity index (χ1n) is 5.05. The summed E-state index contributed by atoms with van der Waals surface area (Å²) in [6.45, 7) is 6.80. The molecule has 0 bridgehead atoms. The summed E-state index contributed by atoms with van der Waals surface area (Å²) < 4.78 is 5.60. The van der Waals surface area contributed by atoms with Gasteiger partial charge in [0.05, 0.1) is 18.3 Å². The molecular formula is C10H19NO3. The second kappa shape index (κ2) is 4.28. The van der Waals surface area contributed by atoms with Crippen LogP contribution in [-0.2, 0) is 9.53 Å². The SMILES string of the molecule is CCC(=O)N1CC(CO)OC(C)(C)C1. The van der Waals surface area contributed by atoms with E-state index in [0.29, 0.717) is 19.5 Å². The van der Waals surface area contributed by atoms with E-state index in [1.54, 1.807) is 4.90 Å². The van der Waals surface area contributed by atoms with Crippen molar-refractivity contribution in [3.63, 3.8) is 0 Å². The average Bonchev–Trinajstić information content (AvgIpc) is 2.14. The molecule has 1 amide bonds. The zero-order chi connectivity index (χ0) is 10.8. The lowest BCUT2D eigenvalue weighted by molar-refractivity contribution is -0.166. The third-order valence-electron chi connectivity index (χ3n) is 2.34. The van der Waals surface area contributed by atoms with E-state index in [1.165, 1.54) is 0 Å². The molecule has 1 aliphatic heterocycles. The number of aliphatic hydroxyl groups is 1. The van der Waals surface area contributed by atoms with Gasteiger partial charge in [0.25, 0.3) is 0 Å². The largest absolute Gasteiger partial charge is 0.394 e. The molecule has 1 rings (SSSR count). The normalized spacial score (nSPS) is 26.3. The molecule has 1 atom stereocenters. The van der Waals surface area contributed by atoms with Crippen LogP contribution in [0.15, 0.2) is 0 Å². The van der Waals surface area contributed by atoms with Crippen LogP contribution >= 0.6 is 0 Å². The number of amides is 1. The summed E-state index contributed by atoms with van der Waals surface area (Å²) in [5.74, 6) is 0.125. The predicted molar refractivity (Wildman–Crippen MR) is 52.9 cm³/mol. The number of morpholine rings is 1. The maximum absolute atomic E-state index is 11.5. The van der Waals surface area contributed by atoms with Crippen molar-refractivity contribution in [1.82, 2.24) is 4.90 Å². The smallest absolute Gasteiger partial charge is 0.222 e. The standard InChI is InChI=1S/C10H19NO3/c1-4-9(13)11-5-8(6-12)14-10(2,3)7-11/h8,12H,4-7H2,1-3H3. The molecule has 4 nitrogen and oxygen atoms in total. The summed E-state index contributed by atoms with van der Waals surface area (Å²) in [6, 6.07) is 0. The summed E-state index contributed by atoms with van der Waals surface area (Å²) in [6.07, 6.45) is 0.267. The molecule has 1 N–H and O–H groups in total. The molecule has 0 spiro atoms. The molecular weight excluding hydrogens is 182 g/mol. The van der Waals surface area contributed by atoms with Gasteiger partial charge in [0.1, 0.15) is 0 Å². The summed E-state index contributed by atoms with van der Waals surface area (Å²) in [7, 11) is 0. The van der Waals surface area contributed by atoms with E-state index in [9.17, 15) is 4.79 Å². The second-order valence-corrected chi connectivity index (χ2v) is 4.31. The summed E-state index contributed by atoms with van der Waals surface area (Å²) >= 11 is 0. The van der Waals surface area contributed by atoms with Crippen molar-refractivity contribution in [2.24, 2.45) is 0 Å². The fourth-order valence-electron chi connectivity index (χ4n) is 1.80. The van der Waals surface area contributed by atoms with Crippen molar-refractivity contribution >= 4 is 5.91 Å². The zero-order valence-electron chi connectivity index (χ0n) is 9.12. The molecule has 1 heterocycles. The fourth-order valence-corrected chi connectivity index (χ4v) is 1.80. The quantitative estimate of drug-likeness (QED) is 0.703.